The zero-order chi connectivity index (χ0) is 23.2. The Labute approximate surface area is 194 Å². The van der Waals surface area contributed by atoms with Crippen LogP contribution in [0.3, 0.4) is 0 Å². The fraction of sp³-hybridized carbons (Fsp3) is 0.435. The third-order valence-electron chi connectivity index (χ3n) is 4.79. The van der Waals surface area contributed by atoms with Gasteiger partial charge in [-0.1, -0.05) is 29.8 Å². The first-order chi connectivity index (χ1) is 14.6. The molecule has 0 spiro atoms. The second-order valence-electron chi connectivity index (χ2n) is 7.55. The van der Waals surface area contributed by atoms with Gasteiger partial charge in [0.15, 0.2) is 6.10 Å². The molecule has 0 aliphatic rings. The van der Waals surface area contributed by atoms with E-state index in [1.54, 1.807) is 19.1 Å². The van der Waals surface area contributed by atoms with Gasteiger partial charge in [0.1, 0.15) is 5.75 Å². The molecule has 2 rings (SSSR count). The molecule has 2 aromatic rings. The van der Waals surface area contributed by atoms with Gasteiger partial charge in [-0.25, -0.2) is 8.42 Å². The molecule has 1 amide bonds. The van der Waals surface area contributed by atoms with E-state index in [0.29, 0.717) is 24.5 Å². The summed E-state index contributed by atoms with van der Waals surface area (Å²) in [6.07, 6.45) is 0.789. The molecule has 0 radical (unpaired) electrons. The van der Waals surface area contributed by atoms with Crippen LogP contribution in [0.2, 0.25) is 0 Å². The minimum atomic E-state index is -3.55. The lowest BCUT2D eigenvalue weighted by Gasteiger charge is -2.21. The van der Waals surface area contributed by atoms with Crippen LogP contribution in [0.15, 0.2) is 45.8 Å². The lowest BCUT2D eigenvalue weighted by Crippen LogP contribution is -2.32. The number of sulfonamides is 1. The maximum absolute atomic E-state index is 12.9. The summed E-state index contributed by atoms with van der Waals surface area (Å²) in [4.78, 5) is 12.8. The van der Waals surface area contributed by atoms with Gasteiger partial charge in [-0.3, -0.25) is 4.79 Å². The van der Waals surface area contributed by atoms with Crippen molar-refractivity contribution >= 4 is 37.5 Å². The number of anilines is 1. The van der Waals surface area contributed by atoms with Gasteiger partial charge in [0.05, 0.1) is 4.90 Å². The second kappa shape index (κ2) is 11.1. The molecule has 0 fully saturated rings. The third-order valence-corrected chi connectivity index (χ3v) is 7.17. The van der Waals surface area contributed by atoms with Crippen molar-refractivity contribution in [3.63, 3.8) is 0 Å². The van der Waals surface area contributed by atoms with Gasteiger partial charge >= 0.3 is 0 Å². The van der Waals surface area contributed by atoms with Crippen molar-refractivity contribution in [3.8, 4) is 5.75 Å². The maximum Gasteiger partial charge on any atom is 0.265 e. The summed E-state index contributed by atoms with van der Waals surface area (Å²) in [5.74, 6) is 0.371. The monoisotopic (exact) mass is 510 g/mol. The van der Waals surface area contributed by atoms with Crippen LogP contribution in [-0.4, -0.2) is 37.8 Å². The van der Waals surface area contributed by atoms with E-state index in [4.69, 9.17) is 4.74 Å². The first-order valence-corrected chi connectivity index (χ1v) is 12.7. The zero-order valence-corrected chi connectivity index (χ0v) is 21.1. The van der Waals surface area contributed by atoms with Gasteiger partial charge in [-0.2, -0.15) is 4.31 Å². The molecule has 0 bridgehead atoms. The Morgan fingerprint density at radius 1 is 1.06 bits per heavy atom. The molecular formula is C23H31BrN2O4S. The number of carbonyl (C=O) groups excluding carboxylic acids is 1. The number of aryl methyl sites for hydroxylation is 2. The molecule has 2 aromatic carbocycles. The van der Waals surface area contributed by atoms with E-state index in [2.05, 4.69) is 21.2 Å². The van der Waals surface area contributed by atoms with Crippen LogP contribution in [0.4, 0.5) is 5.69 Å². The highest BCUT2D eigenvalue weighted by Gasteiger charge is 2.23. The van der Waals surface area contributed by atoms with E-state index >= 15 is 0 Å². The van der Waals surface area contributed by atoms with Crippen LogP contribution in [0.1, 0.15) is 44.7 Å². The van der Waals surface area contributed by atoms with E-state index in [-0.39, 0.29) is 10.8 Å². The minimum absolute atomic E-state index is 0.220. The van der Waals surface area contributed by atoms with Gasteiger partial charge < -0.3 is 10.1 Å². The summed E-state index contributed by atoms with van der Waals surface area (Å²) in [6.45, 7) is 10.4. The molecule has 31 heavy (non-hydrogen) atoms. The van der Waals surface area contributed by atoms with Crippen molar-refractivity contribution in [1.82, 2.24) is 4.31 Å². The summed E-state index contributed by atoms with van der Waals surface area (Å²) in [5, 5.41) is 2.79. The summed E-state index contributed by atoms with van der Waals surface area (Å²) in [7, 11) is -3.55. The summed E-state index contributed by atoms with van der Waals surface area (Å²) in [5.41, 5.74) is 2.38. The van der Waals surface area contributed by atoms with Crippen LogP contribution in [0, 0.1) is 13.8 Å². The molecule has 1 N–H and O–H groups in total. The highest BCUT2D eigenvalue weighted by atomic mass is 79.9. The molecule has 0 aliphatic heterocycles. The standard InChI is InChI=1S/C23H31BrN2O4S/c1-6-12-26(13-7-2)31(28,29)21-10-8-20(9-11-21)25-23(27)18(5)30-22-16(3)14-19(24)15-17(22)4/h8-11,14-15,18H,6-7,12-13H2,1-5H3,(H,25,27). The van der Waals surface area contributed by atoms with E-state index < -0.39 is 16.1 Å². The Morgan fingerprint density at radius 3 is 2.06 bits per heavy atom. The quantitative estimate of drug-likeness (QED) is 0.471. The summed E-state index contributed by atoms with van der Waals surface area (Å²) < 4.78 is 34.1. The van der Waals surface area contributed by atoms with E-state index in [1.807, 2.05) is 39.8 Å². The van der Waals surface area contributed by atoms with Crippen molar-refractivity contribution in [2.75, 3.05) is 18.4 Å². The SMILES string of the molecule is CCCN(CCC)S(=O)(=O)c1ccc(NC(=O)C(C)Oc2c(C)cc(Br)cc2C)cc1. The van der Waals surface area contributed by atoms with Crippen molar-refractivity contribution in [1.29, 1.82) is 0 Å². The van der Waals surface area contributed by atoms with Gasteiger partial charge in [0.2, 0.25) is 10.0 Å². The number of benzene rings is 2. The lowest BCUT2D eigenvalue weighted by atomic mass is 10.1. The highest BCUT2D eigenvalue weighted by molar-refractivity contribution is 9.10. The smallest absolute Gasteiger partial charge is 0.265 e. The van der Waals surface area contributed by atoms with Crippen molar-refractivity contribution in [2.45, 2.75) is 58.5 Å². The van der Waals surface area contributed by atoms with Crippen LogP contribution < -0.4 is 10.1 Å². The largest absolute Gasteiger partial charge is 0.480 e. The Morgan fingerprint density at radius 2 is 1.58 bits per heavy atom. The van der Waals surface area contributed by atoms with Crippen LogP contribution >= 0.6 is 15.9 Å². The van der Waals surface area contributed by atoms with Gasteiger partial charge in [-0.15, -0.1) is 0 Å². The summed E-state index contributed by atoms with van der Waals surface area (Å²) in [6, 6.07) is 10.1. The number of hydrogen-bond donors (Lipinski definition) is 1. The first kappa shape index (κ1) is 25.4. The molecule has 8 heteroatoms. The highest BCUT2D eigenvalue weighted by Crippen LogP contribution is 2.28. The van der Waals surface area contributed by atoms with Crippen molar-refractivity contribution in [3.05, 3.63) is 52.0 Å². The molecule has 0 saturated heterocycles. The minimum Gasteiger partial charge on any atom is -0.480 e. The fourth-order valence-corrected chi connectivity index (χ4v) is 5.58. The molecule has 6 nitrogen and oxygen atoms in total. The normalized spacial score (nSPS) is 12.6. The maximum atomic E-state index is 12.9. The molecule has 0 aliphatic carbocycles. The number of halogens is 1. The van der Waals surface area contributed by atoms with E-state index in [1.165, 1.54) is 16.4 Å². The Hall–Kier alpha value is -1.90. The lowest BCUT2D eigenvalue weighted by molar-refractivity contribution is -0.122. The van der Waals surface area contributed by atoms with Crippen LogP contribution in [0.25, 0.3) is 0 Å². The average Bonchev–Trinajstić information content (AvgIpc) is 2.70. The first-order valence-electron chi connectivity index (χ1n) is 10.4. The molecule has 0 heterocycles. The van der Waals surface area contributed by atoms with Crippen molar-refractivity contribution in [2.24, 2.45) is 0 Å². The summed E-state index contributed by atoms with van der Waals surface area (Å²) >= 11 is 3.45. The number of hydrogen-bond acceptors (Lipinski definition) is 4. The van der Waals surface area contributed by atoms with Gasteiger partial charge in [0.25, 0.3) is 5.91 Å². The predicted molar refractivity (Wildman–Crippen MR) is 128 cm³/mol. The topological polar surface area (TPSA) is 75.7 Å². The predicted octanol–water partition coefficient (Wildman–Crippen LogP) is 5.28. The molecule has 0 aromatic heterocycles. The Bertz CT molecular complexity index is 978. The number of rotatable bonds is 10. The number of amides is 1. The Kier molecular flexibility index (Phi) is 9.09. The number of nitrogens with zero attached hydrogens (tertiary/aromatic N) is 1. The van der Waals surface area contributed by atoms with E-state index in [9.17, 15) is 13.2 Å². The van der Waals surface area contributed by atoms with E-state index in [0.717, 1.165) is 28.4 Å². The van der Waals surface area contributed by atoms with Crippen molar-refractivity contribution < 1.29 is 17.9 Å². The van der Waals surface area contributed by atoms with Crippen LogP contribution in [-0.2, 0) is 14.8 Å². The fourth-order valence-electron chi connectivity index (χ4n) is 3.27. The molecule has 170 valence electrons. The molecule has 1 unspecified atom stereocenters. The van der Waals surface area contributed by atoms with Crippen LogP contribution in [0.5, 0.6) is 5.75 Å². The average molecular weight is 511 g/mol. The number of nitrogens with one attached hydrogen (secondary N) is 1. The molecule has 0 saturated carbocycles. The molecular weight excluding hydrogens is 480 g/mol. The van der Waals surface area contributed by atoms with Gasteiger partial charge in [-0.05, 0) is 81.1 Å². The second-order valence-corrected chi connectivity index (χ2v) is 10.4. The molecule has 1 atom stereocenters. The third kappa shape index (κ3) is 6.54. The number of carbonyl (C=O) groups is 1. The zero-order valence-electron chi connectivity index (χ0n) is 18.7. The number of ether oxygens (including phenoxy) is 1. The van der Waals surface area contributed by atoms with Gasteiger partial charge in [0, 0.05) is 23.2 Å². The Balaban J connectivity index is 2.09.